The first kappa shape index (κ1) is 14.2. The minimum Gasteiger partial charge on any atom is -0.481 e. The number of nitrogens with one attached hydrogen (secondary N) is 2. The van der Waals surface area contributed by atoms with Gasteiger partial charge in [-0.25, -0.2) is 4.79 Å². The molecule has 3 N–H and O–H groups in total. The van der Waals surface area contributed by atoms with Crippen LogP contribution in [0, 0.1) is 0 Å². The summed E-state index contributed by atoms with van der Waals surface area (Å²) in [6.45, 7) is 0.178. The number of carboxylic acids is 1. The van der Waals surface area contributed by atoms with Gasteiger partial charge in [-0.1, -0.05) is 12.8 Å². The summed E-state index contributed by atoms with van der Waals surface area (Å²) in [4.78, 5) is 21.8. The predicted molar refractivity (Wildman–Crippen MR) is 68.3 cm³/mol. The van der Waals surface area contributed by atoms with Crippen LogP contribution in [0.2, 0.25) is 0 Å². The van der Waals surface area contributed by atoms with Crippen molar-refractivity contribution in [1.29, 1.82) is 0 Å². The molecule has 1 rings (SSSR count). The fourth-order valence-electron chi connectivity index (χ4n) is 2.05. The van der Waals surface area contributed by atoms with Crippen molar-refractivity contribution in [3.8, 4) is 0 Å². The summed E-state index contributed by atoms with van der Waals surface area (Å²) >= 11 is 1.79. The first-order chi connectivity index (χ1) is 8.13. The second kappa shape index (κ2) is 7.42. The van der Waals surface area contributed by atoms with E-state index in [9.17, 15) is 9.59 Å². The van der Waals surface area contributed by atoms with Gasteiger partial charge in [0.15, 0.2) is 0 Å². The molecule has 0 saturated heterocycles. The molecule has 5 nitrogen and oxygen atoms in total. The summed E-state index contributed by atoms with van der Waals surface area (Å²) < 4.78 is 0. The molecule has 0 aromatic rings. The zero-order valence-electron chi connectivity index (χ0n) is 10.1. The number of hydrogen-bond donors (Lipinski definition) is 3. The lowest BCUT2D eigenvalue weighted by Gasteiger charge is -2.30. The number of carboxylic acid groups (broad SMARTS) is 1. The van der Waals surface area contributed by atoms with E-state index >= 15 is 0 Å². The van der Waals surface area contributed by atoms with Crippen molar-refractivity contribution in [3.63, 3.8) is 0 Å². The highest BCUT2D eigenvalue weighted by Gasteiger charge is 2.25. The van der Waals surface area contributed by atoms with E-state index in [-0.39, 0.29) is 25.0 Å². The van der Waals surface area contributed by atoms with Gasteiger partial charge < -0.3 is 15.7 Å². The Balaban J connectivity index is 2.26. The molecular formula is C11H20N2O3S. The number of carbonyl (C=O) groups excluding carboxylic acids is 1. The van der Waals surface area contributed by atoms with Gasteiger partial charge in [0, 0.05) is 17.8 Å². The van der Waals surface area contributed by atoms with Gasteiger partial charge in [-0.2, -0.15) is 11.8 Å². The Morgan fingerprint density at radius 3 is 2.71 bits per heavy atom. The minimum absolute atomic E-state index is 0.0377. The van der Waals surface area contributed by atoms with E-state index in [0.29, 0.717) is 5.25 Å². The van der Waals surface area contributed by atoms with E-state index in [0.717, 1.165) is 19.3 Å². The number of carbonyl (C=O) groups is 2. The predicted octanol–water partition coefficient (Wildman–Crippen LogP) is 1.43. The van der Waals surface area contributed by atoms with Crippen LogP contribution in [0.3, 0.4) is 0 Å². The Labute approximate surface area is 106 Å². The minimum atomic E-state index is -0.898. The largest absolute Gasteiger partial charge is 0.481 e. The Morgan fingerprint density at radius 1 is 1.35 bits per heavy atom. The first-order valence-electron chi connectivity index (χ1n) is 5.92. The standard InChI is InChI=1S/C11H20N2O3S/c1-17-9-5-3-2-4-8(9)13-11(16)12-7-6-10(14)15/h8-9H,2-7H2,1H3,(H,14,15)(H2,12,13,16)/t8-,9-/m0/s1. The maximum Gasteiger partial charge on any atom is 0.315 e. The van der Waals surface area contributed by atoms with Crippen LogP contribution in [-0.2, 0) is 4.79 Å². The average molecular weight is 260 g/mol. The highest BCUT2D eigenvalue weighted by Crippen LogP contribution is 2.26. The zero-order valence-corrected chi connectivity index (χ0v) is 10.9. The van der Waals surface area contributed by atoms with Gasteiger partial charge in [0.25, 0.3) is 0 Å². The van der Waals surface area contributed by atoms with E-state index in [4.69, 9.17) is 5.11 Å². The third-order valence-corrected chi connectivity index (χ3v) is 4.12. The van der Waals surface area contributed by atoms with Gasteiger partial charge in [-0.3, -0.25) is 4.79 Å². The summed E-state index contributed by atoms with van der Waals surface area (Å²) in [5, 5.41) is 14.4. The van der Waals surface area contributed by atoms with Gasteiger partial charge in [-0.05, 0) is 19.1 Å². The van der Waals surface area contributed by atoms with Gasteiger partial charge in [-0.15, -0.1) is 0 Å². The Hall–Kier alpha value is -0.910. The van der Waals surface area contributed by atoms with Crippen molar-refractivity contribution in [3.05, 3.63) is 0 Å². The summed E-state index contributed by atoms with van der Waals surface area (Å²) in [7, 11) is 0. The van der Waals surface area contributed by atoms with Gasteiger partial charge in [0.1, 0.15) is 0 Å². The maximum atomic E-state index is 11.5. The van der Waals surface area contributed by atoms with Crippen LogP contribution in [0.5, 0.6) is 0 Å². The molecule has 0 heterocycles. The topological polar surface area (TPSA) is 78.4 Å². The van der Waals surface area contributed by atoms with Gasteiger partial charge >= 0.3 is 12.0 Å². The third-order valence-electron chi connectivity index (χ3n) is 2.95. The van der Waals surface area contributed by atoms with Gasteiger partial charge in [0.2, 0.25) is 0 Å². The lowest BCUT2D eigenvalue weighted by molar-refractivity contribution is -0.136. The Morgan fingerprint density at radius 2 is 2.06 bits per heavy atom. The molecule has 0 aromatic carbocycles. The lowest BCUT2D eigenvalue weighted by Crippen LogP contribution is -2.48. The number of hydrogen-bond acceptors (Lipinski definition) is 3. The van der Waals surface area contributed by atoms with Crippen LogP contribution in [0.15, 0.2) is 0 Å². The van der Waals surface area contributed by atoms with Crippen molar-refractivity contribution in [2.75, 3.05) is 12.8 Å². The van der Waals surface area contributed by atoms with Crippen LogP contribution < -0.4 is 10.6 Å². The normalized spacial score (nSPS) is 24.1. The number of urea groups is 1. The molecule has 0 aliphatic heterocycles. The van der Waals surface area contributed by atoms with Crippen molar-refractivity contribution >= 4 is 23.8 Å². The van der Waals surface area contributed by atoms with E-state index < -0.39 is 5.97 Å². The summed E-state index contributed by atoms with van der Waals surface area (Å²) in [6.07, 6.45) is 6.55. The van der Waals surface area contributed by atoms with Crippen molar-refractivity contribution in [1.82, 2.24) is 10.6 Å². The highest BCUT2D eigenvalue weighted by atomic mass is 32.2. The van der Waals surface area contributed by atoms with Crippen LogP contribution in [0.25, 0.3) is 0 Å². The molecule has 2 atom stereocenters. The summed E-state index contributed by atoms with van der Waals surface area (Å²) in [5.41, 5.74) is 0. The summed E-state index contributed by atoms with van der Waals surface area (Å²) in [5.74, 6) is -0.898. The molecule has 0 unspecified atom stereocenters. The lowest BCUT2D eigenvalue weighted by atomic mass is 9.95. The Bertz CT molecular complexity index is 273. The molecule has 0 radical (unpaired) electrons. The number of amides is 2. The molecule has 0 bridgehead atoms. The fourth-order valence-corrected chi connectivity index (χ4v) is 2.98. The van der Waals surface area contributed by atoms with Crippen molar-refractivity contribution in [2.45, 2.75) is 43.4 Å². The smallest absolute Gasteiger partial charge is 0.315 e. The molecule has 17 heavy (non-hydrogen) atoms. The summed E-state index contributed by atoms with van der Waals surface area (Å²) in [6, 6.07) is -0.0409. The Kier molecular flexibility index (Phi) is 6.18. The first-order valence-corrected chi connectivity index (χ1v) is 7.21. The molecule has 0 aromatic heterocycles. The molecule has 1 aliphatic carbocycles. The van der Waals surface area contributed by atoms with Crippen molar-refractivity contribution in [2.24, 2.45) is 0 Å². The van der Waals surface area contributed by atoms with E-state index in [1.807, 2.05) is 0 Å². The van der Waals surface area contributed by atoms with E-state index in [2.05, 4.69) is 16.9 Å². The van der Waals surface area contributed by atoms with Crippen LogP contribution in [0.4, 0.5) is 4.79 Å². The molecular weight excluding hydrogens is 240 g/mol. The second-order valence-corrected chi connectivity index (χ2v) is 5.29. The number of thioether (sulfide) groups is 1. The molecule has 1 saturated carbocycles. The fraction of sp³-hybridized carbons (Fsp3) is 0.818. The monoisotopic (exact) mass is 260 g/mol. The van der Waals surface area contributed by atoms with Crippen LogP contribution in [-0.4, -0.2) is 41.2 Å². The molecule has 6 heteroatoms. The van der Waals surface area contributed by atoms with Gasteiger partial charge in [0.05, 0.1) is 6.42 Å². The highest BCUT2D eigenvalue weighted by molar-refractivity contribution is 7.99. The van der Waals surface area contributed by atoms with Crippen LogP contribution >= 0.6 is 11.8 Å². The SMILES string of the molecule is CS[C@H]1CCCC[C@@H]1NC(=O)NCCC(=O)O. The average Bonchev–Trinajstić information content (AvgIpc) is 2.29. The third kappa shape index (κ3) is 5.30. The maximum absolute atomic E-state index is 11.5. The quantitative estimate of drug-likeness (QED) is 0.699. The molecule has 98 valence electrons. The van der Waals surface area contributed by atoms with Crippen LogP contribution in [0.1, 0.15) is 32.1 Å². The number of aliphatic carboxylic acids is 1. The second-order valence-electron chi connectivity index (χ2n) is 4.21. The molecule has 1 aliphatic rings. The molecule has 1 fully saturated rings. The van der Waals surface area contributed by atoms with Crippen molar-refractivity contribution < 1.29 is 14.7 Å². The van der Waals surface area contributed by atoms with E-state index in [1.165, 1.54) is 6.42 Å². The number of rotatable bonds is 5. The zero-order chi connectivity index (χ0) is 12.7. The molecule has 2 amide bonds. The molecule has 0 spiro atoms. The van der Waals surface area contributed by atoms with E-state index in [1.54, 1.807) is 11.8 Å².